The lowest BCUT2D eigenvalue weighted by Crippen LogP contribution is -1.98. The van der Waals surface area contributed by atoms with Gasteiger partial charge < -0.3 is 9.47 Å². The van der Waals surface area contributed by atoms with E-state index in [0.717, 1.165) is 0 Å². The molecule has 0 heterocycles. The molecule has 0 N–H and O–H groups in total. The third-order valence-corrected chi connectivity index (χ3v) is 2.34. The van der Waals surface area contributed by atoms with Crippen LogP contribution in [0.25, 0.3) is 0 Å². The van der Waals surface area contributed by atoms with E-state index in [1.165, 1.54) is 21.1 Å². The van der Waals surface area contributed by atoms with Gasteiger partial charge in [-0.3, -0.25) is 4.79 Å². The summed E-state index contributed by atoms with van der Waals surface area (Å²) in [6.45, 7) is 1.48. The lowest BCUT2D eigenvalue weighted by atomic mass is 10.1. The molecular weight excluding hydrogens is 200 g/mol. The van der Waals surface area contributed by atoms with Gasteiger partial charge in [0, 0.05) is 11.6 Å². The van der Waals surface area contributed by atoms with Crippen LogP contribution in [0.1, 0.15) is 17.3 Å². The Morgan fingerprint density at radius 3 is 2.36 bits per heavy atom. The second kappa shape index (κ2) is 4.37. The second-order valence-corrected chi connectivity index (χ2v) is 3.23. The molecule has 0 spiro atoms. The average molecular weight is 212 g/mol. The minimum atomic E-state index is -0.0628. The van der Waals surface area contributed by atoms with Crippen LogP contribution in [0.2, 0.25) is 0 Å². The smallest absolute Gasteiger partial charge is 0.161 e. The number of thiol groups is 1. The van der Waals surface area contributed by atoms with Crippen molar-refractivity contribution in [1.82, 2.24) is 0 Å². The van der Waals surface area contributed by atoms with Crippen molar-refractivity contribution >= 4 is 18.4 Å². The molecule has 0 unspecified atom stereocenters. The first-order chi connectivity index (χ1) is 6.60. The van der Waals surface area contributed by atoms with Crippen LogP contribution in [-0.2, 0) is 0 Å². The molecule has 0 aliphatic heterocycles. The van der Waals surface area contributed by atoms with Crippen LogP contribution in [-0.4, -0.2) is 20.0 Å². The van der Waals surface area contributed by atoms with Crippen molar-refractivity contribution in [3.63, 3.8) is 0 Å². The van der Waals surface area contributed by atoms with Crippen molar-refractivity contribution in [2.45, 2.75) is 11.8 Å². The van der Waals surface area contributed by atoms with Gasteiger partial charge in [-0.05, 0) is 13.0 Å². The number of rotatable bonds is 3. The summed E-state index contributed by atoms with van der Waals surface area (Å²) in [6.07, 6.45) is 0. The molecule has 14 heavy (non-hydrogen) atoms. The Labute approximate surface area is 88.4 Å². The summed E-state index contributed by atoms with van der Waals surface area (Å²) in [7, 11) is 3.06. The summed E-state index contributed by atoms with van der Waals surface area (Å²) < 4.78 is 10.1. The predicted octanol–water partition coefficient (Wildman–Crippen LogP) is 2.20. The molecule has 76 valence electrons. The van der Waals surface area contributed by atoms with Gasteiger partial charge in [-0.15, -0.1) is 12.6 Å². The molecule has 0 amide bonds. The summed E-state index contributed by atoms with van der Waals surface area (Å²) in [5, 5.41) is 0. The zero-order valence-electron chi connectivity index (χ0n) is 8.33. The Balaban J connectivity index is 3.34. The lowest BCUT2D eigenvalue weighted by Gasteiger charge is -2.10. The van der Waals surface area contributed by atoms with E-state index in [-0.39, 0.29) is 5.78 Å². The molecule has 0 aromatic heterocycles. The Morgan fingerprint density at radius 1 is 1.29 bits per heavy atom. The fourth-order valence-electron chi connectivity index (χ4n) is 1.12. The van der Waals surface area contributed by atoms with Gasteiger partial charge in [-0.25, -0.2) is 0 Å². The van der Waals surface area contributed by atoms with Crippen LogP contribution in [0.3, 0.4) is 0 Å². The molecule has 0 fully saturated rings. The molecule has 4 heteroatoms. The minimum absolute atomic E-state index is 0.0628. The Morgan fingerprint density at radius 2 is 1.93 bits per heavy atom. The number of ketones is 1. The summed E-state index contributed by atoms with van der Waals surface area (Å²) >= 11 is 4.22. The number of carbonyl (C=O) groups excluding carboxylic acids is 1. The molecule has 0 atom stereocenters. The third-order valence-electron chi connectivity index (χ3n) is 1.88. The second-order valence-electron chi connectivity index (χ2n) is 2.78. The maximum atomic E-state index is 11.2. The van der Waals surface area contributed by atoms with E-state index < -0.39 is 0 Å². The van der Waals surface area contributed by atoms with Crippen LogP contribution < -0.4 is 9.47 Å². The normalized spacial score (nSPS) is 9.71. The summed E-state index contributed by atoms with van der Waals surface area (Å²) in [6, 6.07) is 3.34. The summed E-state index contributed by atoms with van der Waals surface area (Å²) in [5.41, 5.74) is 0.504. The Kier molecular flexibility index (Phi) is 3.41. The summed E-state index contributed by atoms with van der Waals surface area (Å²) in [5.74, 6) is 1.06. The Hall–Kier alpha value is -1.16. The highest BCUT2D eigenvalue weighted by atomic mass is 32.1. The van der Waals surface area contributed by atoms with E-state index in [1.54, 1.807) is 12.1 Å². The standard InChI is InChI=1S/C10H12O3S/c1-6(11)8-4-7(12-2)5-9(13-3)10(8)14/h4-5,14H,1-3H3. The van der Waals surface area contributed by atoms with Gasteiger partial charge in [0.2, 0.25) is 0 Å². The molecule has 0 radical (unpaired) electrons. The summed E-state index contributed by atoms with van der Waals surface area (Å²) in [4.78, 5) is 11.8. The Bertz CT molecular complexity index is 361. The van der Waals surface area contributed by atoms with Crippen LogP contribution in [0, 0.1) is 0 Å². The molecule has 0 aliphatic carbocycles. The fraction of sp³-hybridized carbons (Fsp3) is 0.300. The predicted molar refractivity (Wildman–Crippen MR) is 56.8 cm³/mol. The van der Waals surface area contributed by atoms with Gasteiger partial charge in [0.1, 0.15) is 11.5 Å². The molecule has 1 aromatic carbocycles. The van der Waals surface area contributed by atoms with E-state index in [4.69, 9.17) is 9.47 Å². The van der Waals surface area contributed by atoms with Crippen LogP contribution in [0.5, 0.6) is 11.5 Å². The SMILES string of the molecule is COc1cc(OC)c(S)c(C(C)=O)c1. The first-order valence-corrected chi connectivity index (χ1v) is 4.50. The highest BCUT2D eigenvalue weighted by Crippen LogP contribution is 2.31. The van der Waals surface area contributed by atoms with Crippen molar-refractivity contribution in [2.75, 3.05) is 14.2 Å². The fourth-order valence-corrected chi connectivity index (χ4v) is 1.50. The topological polar surface area (TPSA) is 35.5 Å². The molecule has 1 rings (SSSR count). The highest BCUT2D eigenvalue weighted by molar-refractivity contribution is 7.80. The monoisotopic (exact) mass is 212 g/mol. The van der Waals surface area contributed by atoms with Crippen molar-refractivity contribution < 1.29 is 14.3 Å². The van der Waals surface area contributed by atoms with Gasteiger partial charge >= 0.3 is 0 Å². The quantitative estimate of drug-likeness (QED) is 0.616. The largest absolute Gasteiger partial charge is 0.497 e. The number of hydrogen-bond acceptors (Lipinski definition) is 4. The third kappa shape index (κ3) is 2.01. The van der Waals surface area contributed by atoms with Gasteiger partial charge in [0.15, 0.2) is 5.78 Å². The average Bonchev–Trinajstić information content (AvgIpc) is 2.17. The molecule has 0 saturated carbocycles. The number of ether oxygens (including phenoxy) is 2. The van der Waals surface area contributed by atoms with Crippen molar-refractivity contribution in [2.24, 2.45) is 0 Å². The zero-order valence-corrected chi connectivity index (χ0v) is 9.22. The molecular formula is C10H12O3S. The first-order valence-electron chi connectivity index (χ1n) is 4.06. The van der Waals surface area contributed by atoms with Gasteiger partial charge in [0.25, 0.3) is 0 Å². The number of hydrogen-bond donors (Lipinski definition) is 1. The van der Waals surface area contributed by atoms with E-state index in [9.17, 15) is 4.79 Å². The minimum Gasteiger partial charge on any atom is -0.497 e. The van der Waals surface area contributed by atoms with Crippen LogP contribution in [0.4, 0.5) is 0 Å². The number of benzene rings is 1. The van der Waals surface area contributed by atoms with Gasteiger partial charge in [-0.1, -0.05) is 0 Å². The van der Waals surface area contributed by atoms with E-state index in [0.29, 0.717) is 22.0 Å². The van der Waals surface area contributed by atoms with Crippen molar-refractivity contribution in [3.8, 4) is 11.5 Å². The zero-order chi connectivity index (χ0) is 10.7. The van der Waals surface area contributed by atoms with Gasteiger partial charge in [-0.2, -0.15) is 0 Å². The molecule has 3 nitrogen and oxygen atoms in total. The number of methoxy groups -OCH3 is 2. The molecule has 0 aliphatic rings. The van der Waals surface area contributed by atoms with Crippen LogP contribution in [0.15, 0.2) is 17.0 Å². The first kappa shape index (κ1) is 10.9. The highest BCUT2D eigenvalue weighted by Gasteiger charge is 2.12. The molecule has 0 bridgehead atoms. The van der Waals surface area contributed by atoms with Crippen LogP contribution >= 0.6 is 12.6 Å². The van der Waals surface area contributed by atoms with Crippen molar-refractivity contribution in [3.05, 3.63) is 17.7 Å². The van der Waals surface area contributed by atoms with Gasteiger partial charge in [0.05, 0.1) is 19.1 Å². The van der Waals surface area contributed by atoms with E-state index in [2.05, 4.69) is 12.6 Å². The molecule has 1 aromatic rings. The van der Waals surface area contributed by atoms with Crippen molar-refractivity contribution in [1.29, 1.82) is 0 Å². The van der Waals surface area contributed by atoms with E-state index >= 15 is 0 Å². The number of carbonyl (C=O) groups is 1. The van der Waals surface area contributed by atoms with E-state index in [1.807, 2.05) is 0 Å². The maximum absolute atomic E-state index is 11.2. The maximum Gasteiger partial charge on any atom is 0.161 e. The molecule has 0 saturated heterocycles. The lowest BCUT2D eigenvalue weighted by molar-refractivity contribution is 0.101. The number of Topliss-reactive ketones (excluding diaryl/α,β-unsaturated/α-hetero) is 1.